The van der Waals surface area contributed by atoms with Crippen LogP contribution in [0.5, 0.6) is 5.75 Å². The Bertz CT molecular complexity index is 960. The van der Waals surface area contributed by atoms with Crippen LogP contribution in [0.3, 0.4) is 0 Å². The fourth-order valence-electron chi connectivity index (χ4n) is 3.01. The Morgan fingerprint density at radius 1 is 1.23 bits per heavy atom. The zero-order valence-corrected chi connectivity index (χ0v) is 15.8. The normalized spacial score (nSPS) is 14.2. The number of aromatic hydroxyl groups is 1. The van der Waals surface area contributed by atoms with Crippen molar-refractivity contribution in [2.24, 2.45) is 0 Å². The van der Waals surface area contributed by atoms with E-state index >= 15 is 0 Å². The molecule has 0 atom stereocenters. The first-order valence-electron chi connectivity index (χ1n) is 8.27. The Hall–Kier alpha value is -2.25. The van der Waals surface area contributed by atoms with E-state index in [1.807, 2.05) is 6.92 Å². The van der Waals surface area contributed by atoms with Crippen molar-refractivity contribution >= 4 is 38.9 Å². The van der Waals surface area contributed by atoms with E-state index in [1.54, 1.807) is 23.1 Å². The summed E-state index contributed by atoms with van der Waals surface area (Å²) in [4.78, 5) is 13.5. The third-order valence-corrected chi connectivity index (χ3v) is 5.94. The number of amides is 1. The van der Waals surface area contributed by atoms with E-state index in [1.165, 1.54) is 18.2 Å². The zero-order chi connectivity index (χ0) is 18.9. The van der Waals surface area contributed by atoms with Gasteiger partial charge in [0, 0.05) is 24.3 Å². The monoisotopic (exact) mass is 394 g/mol. The number of anilines is 2. The number of sulfonamides is 1. The topological polar surface area (TPSA) is 86.7 Å². The van der Waals surface area contributed by atoms with E-state index < -0.39 is 15.8 Å². The molecule has 3 rings (SSSR count). The minimum absolute atomic E-state index is 0.0352. The molecule has 0 unspecified atom stereocenters. The number of nitrogens with one attached hydrogen (secondary N) is 1. The number of phenols is 1. The lowest BCUT2D eigenvalue weighted by Crippen LogP contribution is -2.35. The Labute approximate surface area is 157 Å². The molecule has 0 aliphatic carbocycles. The van der Waals surface area contributed by atoms with Crippen molar-refractivity contribution in [1.29, 1.82) is 0 Å². The molecule has 1 aliphatic heterocycles. The highest BCUT2D eigenvalue weighted by Gasteiger charge is 2.25. The number of fused-ring (bicyclic) bond motifs is 1. The van der Waals surface area contributed by atoms with Crippen LogP contribution in [0.1, 0.15) is 25.3 Å². The number of hydrogen-bond acceptors (Lipinski definition) is 4. The molecular weight excluding hydrogens is 376 g/mol. The van der Waals surface area contributed by atoms with Crippen LogP contribution < -0.4 is 9.62 Å². The van der Waals surface area contributed by atoms with Crippen LogP contribution in [0.4, 0.5) is 11.4 Å². The number of benzene rings is 2. The van der Waals surface area contributed by atoms with Crippen molar-refractivity contribution in [3.8, 4) is 5.75 Å². The van der Waals surface area contributed by atoms with Crippen LogP contribution >= 0.6 is 11.6 Å². The molecule has 2 aromatic carbocycles. The zero-order valence-electron chi connectivity index (χ0n) is 14.2. The second kappa shape index (κ2) is 7.17. The summed E-state index contributed by atoms with van der Waals surface area (Å²) < 4.78 is 27.6. The second-order valence-electron chi connectivity index (χ2n) is 6.08. The van der Waals surface area contributed by atoms with E-state index in [4.69, 9.17) is 11.6 Å². The van der Waals surface area contributed by atoms with Crippen LogP contribution in [0.25, 0.3) is 0 Å². The third kappa shape index (κ3) is 3.50. The number of aryl methyl sites for hydroxylation is 1. The highest BCUT2D eigenvalue weighted by molar-refractivity contribution is 7.92. The van der Waals surface area contributed by atoms with E-state index in [-0.39, 0.29) is 15.8 Å². The molecule has 0 fully saturated rings. The molecule has 1 heterocycles. The van der Waals surface area contributed by atoms with Gasteiger partial charge in [0.05, 0.1) is 5.02 Å². The molecule has 138 valence electrons. The van der Waals surface area contributed by atoms with Crippen molar-refractivity contribution in [3.63, 3.8) is 0 Å². The van der Waals surface area contributed by atoms with Crippen LogP contribution in [0, 0.1) is 0 Å². The molecule has 26 heavy (non-hydrogen) atoms. The van der Waals surface area contributed by atoms with Crippen LogP contribution in [0.2, 0.25) is 5.02 Å². The molecule has 0 radical (unpaired) electrons. The number of para-hydroxylation sites is 1. The lowest BCUT2D eigenvalue weighted by molar-refractivity contribution is -0.118. The number of halogens is 1. The first kappa shape index (κ1) is 18.5. The number of carbonyl (C=O) groups excluding carboxylic acids is 1. The summed E-state index contributed by atoms with van der Waals surface area (Å²) in [6.45, 7) is 2.63. The summed E-state index contributed by atoms with van der Waals surface area (Å²) >= 11 is 5.80. The highest BCUT2D eigenvalue weighted by Crippen LogP contribution is 2.34. The second-order valence-corrected chi connectivity index (χ2v) is 8.14. The minimum atomic E-state index is -3.99. The Morgan fingerprint density at radius 2 is 2.00 bits per heavy atom. The number of rotatable bonds is 5. The summed E-state index contributed by atoms with van der Waals surface area (Å²) in [6.07, 6.45) is 1.80. The molecule has 0 spiro atoms. The maximum absolute atomic E-state index is 12.6. The van der Waals surface area contributed by atoms with Gasteiger partial charge < -0.3 is 10.0 Å². The molecule has 0 bridgehead atoms. The van der Waals surface area contributed by atoms with E-state index in [2.05, 4.69) is 4.72 Å². The highest BCUT2D eigenvalue weighted by atomic mass is 35.5. The van der Waals surface area contributed by atoms with Crippen molar-refractivity contribution in [1.82, 2.24) is 0 Å². The van der Waals surface area contributed by atoms with Gasteiger partial charge in [-0.1, -0.05) is 24.6 Å². The Morgan fingerprint density at radius 3 is 2.73 bits per heavy atom. The van der Waals surface area contributed by atoms with Crippen molar-refractivity contribution < 1.29 is 18.3 Å². The van der Waals surface area contributed by atoms with E-state index in [0.29, 0.717) is 25.1 Å². The van der Waals surface area contributed by atoms with Crippen LogP contribution in [0.15, 0.2) is 41.3 Å². The molecule has 1 aliphatic rings. The lowest BCUT2D eigenvalue weighted by atomic mass is 10.0. The van der Waals surface area contributed by atoms with Gasteiger partial charge in [0.15, 0.2) is 5.75 Å². The number of nitrogens with zero attached hydrogens (tertiary/aromatic N) is 1. The maximum atomic E-state index is 12.6. The average molecular weight is 395 g/mol. The van der Waals surface area contributed by atoms with Crippen LogP contribution in [-0.2, 0) is 21.2 Å². The van der Waals surface area contributed by atoms with Gasteiger partial charge in [-0.3, -0.25) is 9.52 Å². The van der Waals surface area contributed by atoms with Crippen LogP contribution in [-0.4, -0.2) is 26.0 Å². The summed E-state index contributed by atoms with van der Waals surface area (Å²) in [5.74, 6) is -0.407. The Balaban J connectivity index is 1.92. The SMILES string of the molecule is CCCN1C(=O)CCc2cc(NS(=O)(=O)c3cccc(Cl)c3O)ccc21. The fourth-order valence-corrected chi connectivity index (χ4v) is 4.41. The maximum Gasteiger partial charge on any atom is 0.265 e. The summed E-state index contributed by atoms with van der Waals surface area (Å²) in [7, 11) is -3.99. The van der Waals surface area contributed by atoms with Gasteiger partial charge in [-0.15, -0.1) is 0 Å². The predicted octanol–water partition coefficient (Wildman–Crippen LogP) is 3.54. The summed E-state index contributed by atoms with van der Waals surface area (Å²) in [6, 6.07) is 9.23. The van der Waals surface area contributed by atoms with Crippen molar-refractivity contribution in [2.75, 3.05) is 16.2 Å². The minimum Gasteiger partial charge on any atom is -0.505 e. The summed E-state index contributed by atoms with van der Waals surface area (Å²) in [5.41, 5.74) is 2.10. The van der Waals surface area contributed by atoms with E-state index in [0.717, 1.165) is 17.7 Å². The molecule has 0 aromatic heterocycles. The average Bonchev–Trinajstić information content (AvgIpc) is 2.59. The predicted molar refractivity (Wildman–Crippen MR) is 101 cm³/mol. The fraction of sp³-hybridized carbons (Fsp3) is 0.278. The van der Waals surface area contributed by atoms with Gasteiger partial charge in [0.25, 0.3) is 10.0 Å². The van der Waals surface area contributed by atoms with Gasteiger partial charge in [-0.2, -0.15) is 0 Å². The third-order valence-electron chi connectivity index (χ3n) is 4.22. The number of phenolic OH excluding ortho intramolecular Hbond substituents is 1. The number of hydrogen-bond donors (Lipinski definition) is 2. The quantitative estimate of drug-likeness (QED) is 0.812. The smallest absolute Gasteiger partial charge is 0.265 e. The van der Waals surface area contributed by atoms with Crippen molar-refractivity contribution in [2.45, 2.75) is 31.1 Å². The van der Waals surface area contributed by atoms with Gasteiger partial charge in [0.2, 0.25) is 5.91 Å². The van der Waals surface area contributed by atoms with Gasteiger partial charge in [-0.25, -0.2) is 8.42 Å². The lowest BCUT2D eigenvalue weighted by Gasteiger charge is -2.29. The molecule has 1 amide bonds. The van der Waals surface area contributed by atoms with Crippen molar-refractivity contribution in [3.05, 3.63) is 47.0 Å². The standard InChI is InChI=1S/C18H19ClN2O4S/c1-2-10-21-15-8-7-13(11-12(15)6-9-17(21)22)20-26(24,25)16-5-3-4-14(19)18(16)23/h3-5,7-8,11,20,23H,2,6,9-10H2,1H3. The molecule has 2 aromatic rings. The first-order valence-corrected chi connectivity index (χ1v) is 10.1. The number of carbonyl (C=O) groups is 1. The van der Waals surface area contributed by atoms with Gasteiger partial charge in [-0.05, 0) is 48.7 Å². The molecule has 6 nitrogen and oxygen atoms in total. The molecule has 2 N–H and O–H groups in total. The van der Waals surface area contributed by atoms with E-state index in [9.17, 15) is 18.3 Å². The molecular formula is C18H19ClN2O4S. The molecule has 0 saturated carbocycles. The molecule has 0 saturated heterocycles. The Kier molecular flexibility index (Phi) is 5.11. The van der Waals surface area contributed by atoms with Gasteiger partial charge in [0.1, 0.15) is 4.90 Å². The summed E-state index contributed by atoms with van der Waals surface area (Å²) in [5, 5.41) is 9.90. The first-order chi connectivity index (χ1) is 12.3. The molecule has 8 heteroatoms. The van der Waals surface area contributed by atoms with Gasteiger partial charge >= 0.3 is 0 Å². The largest absolute Gasteiger partial charge is 0.505 e.